The molecular weight excluding hydrogens is 162 g/mol. The van der Waals surface area contributed by atoms with Gasteiger partial charge < -0.3 is 5.32 Å². The van der Waals surface area contributed by atoms with Crippen molar-refractivity contribution in [1.82, 2.24) is 9.97 Å². The van der Waals surface area contributed by atoms with Crippen molar-refractivity contribution in [2.45, 2.75) is 19.9 Å². The number of hydrogen-bond acceptors (Lipinski definition) is 3. The van der Waals surface area contributed by atoms with Gasteiger partial charge in [0.15, 0.2) is 0 Å². The van der Waals surface area contributed by atoms with Gasteiger partial charge in [-0.05, 0) is 13.8 Å². The van der Waals surface area contributed by atoms with Gasteiger partial charge in [0.05, 0.1) is 12.4 Å². The van der Waals surface area contributed by atoms with Crippen molar-refractivity contribution in [3.05, 3.63) is 17.5 Å². The van der Waals surface area contributed by atoms with Crippen LogP contribution in [0.3, 0.4) is 0 Å². The van der Waals surface area contributed by atoms with Crippen LogP contribution in [0.2, 0.25) is 5.15 Å². The average molecular weight is 172 g/mol. The van der Waals surface area contributed by atoms with Crippen LogP contribution in [-0.4, -0.2) is 16.0 Å². The molecule has 0 fully saturated rings. The molecule has 0 aromatic carbocycles. The molecule has 1 aromatic heterocycles. The number of rotatable bonds is 2. The molecule has 4 heteroatoms. The van der Waals surface area contributed by atoms with Crippen molar-refractivity contribution in [2.24, 2.45) is 0 Å². The Kier molecular flexibility index (Phi) is 2.65. The zero-order valence-electron chi connectivity index (χ0n) is 6.50. The second-order valence-corrected chi connectivity index (χ2v) is 2.91. The predicted molar refractivity (Wildman–Crippen MR) is 45.8 cm³/mol. The normalized spacial score (nSPS) is 10.2. The number of anilines is 1. The first-order valence-corrected chi connectivity index (χ1v) is 3.80. The second-order valence-electron chi connectivity index (χ2n) is 2.52. The summed E-state index contributed by atoms with van der Waals surface area (Å²) in [5.41, 5.74) is 0. The first-order valence-electron chi connectivity index (χ1n) is 3.42. The van der Waals surface area contributed by atoms with Gasteiger partial charge in [-0.2, -0.15) is 0 Å². The third-order valence-electron chi connectivity index (χ3n) is 1.06. The molecule has 0 amide bonds. The summed E-state index contributed by atoms with van der Waals surface area (Å²) in [5.74, 6) is 0.754. The van der Waals surface area contributed by atoms with Crippen molar-refractivity contribution < 1.29 is 0 Å². The van der Waals surface area contributed by atoms with Gasteiger partial charge in [0.2, 0.25) is 0 Å². The van der Waals surface area contributed by atoms with Crippen LogP contribution < -0.4 is 5.32 Å². The molecule has 0 radical (unpaired) electrons. The summed E-state index contributed by atoms with van der Waals surface area (Å²) < 4.78 is 0. The van der Waals surface area contributed by atoms with Gasteiger partial charge in [0, 0.05) is 6.04 Å². The molecule has 0 aliphatic rings. The third kappa shape index (κ3) is 2.72. The van der Waals surface area contributed by atoms with E-state index in [-0.39, 0.29) is 0 Å². The summed E-state index contributed by atoms with van der Waals surface area (Å²) in [4.78, 5) is 7.89. The molecule has 1 heterocycles. The van der Waals surface area contributed by atoms with Crippen LogP contribution in [0, 0.1) is 0 Å². The first kappa shape index (κ1) is 8.27. The number of halogens is 1. The maximum atomic E-state index is 5.55. The number of nitrogens with zero attached hydrogens (tertiary/aromatic N) is 2. The Labute approximate surface area is 70.8 Å². The van der Waals surface area contributed by atoms with Gasteiger partial charge >= 0.3 is 0 Å². The zero-order valence-corrected chi connectivity index (χ0v) is 7.26. The fraction of sp³-hybridized carbons (Fsp3) is 0.429. The summed E-state index contributed by atoms with van der Waals surface area (Å²) in [6.07, 6.45) is 3.13. The van der Waals surface area contributed by atoms with Gasteiger partial charge in [0.1, 0.15) is 11.0 Å². The zero-order chi connectivity index (χ0) is 8.27. The highest BCUT2D eigenvalue weighted by atomic mass is 35.5. The fourth-order valence-electron chi connectivity index (χ4n) is 0.683. The minimum absolute atomic E-state index is 0.366. The van der Waals surface area contributed by atoms with E-state index in [9.17, 15) is 0 Å². The molecule has 0 bridgehead atoms. The Morgan fingerprint density at radius 1 is 1.36 bits per heavy atom. The van der Waals surface area contributed by atoms with Crippen LogP contribution in [0.4, 0.5) is 5.82 Å². The van der Waals surface area contributed by atoms with E-state index in [1.165, 1.54) is 6.20 Å². The minimum Gasteiger partial charge on any atom is -0.367 e. The summed E-state index contributed by atoms with van der Waals surface area (Å²) in [6, 6.07) is 0.366. The van der Waals surface area contributed by atoms with E-state index >= 15 is 0 Å². The predicted octanol–water partition coefficient (Wildman–Crippen LogP) is 1.95. The lowest BCUT2D eigenvalue weighted by molar-refractivity contribution is 0.885. The summed E-state index contributed by atoms with van der Waals surface area (Å²) in [7, 11) is 0. The number of nitrogens with one attached hydrogen (secondary N) is 1. The molecule has 0 atom stereocenters. The smallest absolute Gasteiger partial charge is 0.147 e. The van der Waals surface area contributed by atoms with Gasteiger partial charge in [-0.15, -0.1) is 0 Å². The van der Waals surface area contributed by atoms with Crippen LogP contribution in [0.1, 0.15) is 13.8 Å². The maximum absolute atomic E-state index is 5.55. The van der Waals surface area contributed by atoms with E-state index in [1.54, 1.807) is 6.20 Å². The molecule has 1 N–H and O–H groups in total. The highest BCUT2D eigenvalue weighted by molar-refractivity contribution is 6.29. The van der Waals surface area contributed by atoms with Gasteiger partial charge in [-0.1, -0.05) is 11.6 Å². The molecule has 3 nitrogen and oxygen atoms in total. The van der Waals surface area contributed by atoms with E-state index < -0.39 is 0 Å². The monoisotopic (exact) mass is 171 g/mol. The van der Waals surface area contributed by atoms with E-state index in [0.717, 1.165) is 5.82 Å². The van der Waals surface area contributed by atoms with Gasteiger partial charge in [-0.25, -0.2) is 9.97 Å². The van der Waals surface area contributed by atoms with Crippen LogP contribution in [-0.2, 0) is 0 Å². The van der Waals surface area contributed by atoms with Crippen molar-refractivity contribution in [3.8, 4) is 0 Å². The highest BCUT2D eigenvalue weighted by Gasteiger charge is 1.95. The molecule has 0 unspecified atom stereocenters. The lowest BCUT2D eigenvalue weighted by Crippen LogP contribution is -2.10. The molecule has 0 spiro atoms. The third-order valence-corrected chi connectivity index (χ3v) is 1.25. The Bertz CT molecular complexity index is 220. The molecule has 0 saturated carbocycles. The highest BCUT2D eigenvalue weighted by Crippen LogP contribution is 2.05. The molecule has 60 valence electrons. The van der Waals surface area contributed by atoms with Crippen molar-refractivity contribution in [1.29, 1.82) is 0 Å². The first-order chi connectivity index (χ1) is 5.18. The lowest BCUT2D eigenvalue weighted by Gasteiger charge is -2.06. The standard InChI is InChI=1S/C7H10ClN3/c1-5(2)11-7-4-9-6(8)3-10-7/h3-5H,1-2H3,(H,10,11). The lowest BCUT2D eigenvalue weighted by atomic mass is 10.4. The Hall–Kier alpha value is -0.830. The van der Waals surface area contributed by atoms with E-state index in [0.29, 0.717) is 11.2 Å². The molecule has 0 aliphatic carbocycles. The van der Waals surface area contributed by atoms with E-state index in [2.05, 4.69) is 15.3 Å². The second kappa shape index (κ2) is 3.53. The van der Waals surface area contributed by atoms with Gasteiger partial charge in [-0.3, -0.25) is 0 Å². The molecule has 0 aliphatic heterocycles. The molecular formula is C7H10ClN3. The molecule has 1 aromatic rings. The summed E-state index contributed by atoms with van der Waals surface area (Å²) >= 11 is 5.55. The van der Waals surface area contributed by atoms with E-state index in [1.807, 2.05) is 13.8 Å². The van der Waals surface area contributed by atoms with Crippen molar-refractivity contribution in [2.75, 3.05) is 5.32 Å². The van der Waals surface area contributed by atoms with Crippen LogP contribution in [0.15, 0.2) is 12.4 Å². The molecule has 0 saturated heterocycles. The summed E-state index contributed by atoms with van der Waals surface area (Å²) in [6.45, 7) is 4.08. The maximum Gasteiger partial charge on any atom is 0.147 e. The number of hydrogen-bond donors (Lipinski definition) is 1. The molecule has 1 rings (SSSR count). The summed E-state index contributed by atoms with van der Waals surface area (Å²) in [5, 5.41) is 3.52. The minimum atomic E-state index is 0.366. The fourth-order valence-corrected chi connectivity index (χ4v) is 0.780. The van der Waals surface area contributed by atoms with Crippen molar-refractivity contribution in [3.63, 3.8) is 0 Å². The number of aromatic nitrogens is 2. The van der Waals surface area contributed by atoms with Crippen LogP contribution in [0.25, 0.3) is 0 Å². The largest absolute Gasteiger partial charge is 0.367 e. The Morgan fingerprint density at radius 3 is 2.55 bits per heavy atom. The van der Waals surface area contributed by atoms with Gasteiger partial charge in [0.25, 0.3) is 0 Å². The SMILES string of the molecule is CC(C)Nc1cnc(Cl)cn1. The van der Waals surface area contributed by atoms with E-state index in [4.69, 9.17) is 11.6 Å². The molecule has 11 heavy (non-hydrogen) atoms. The Morgan fingerprint density at radius 2 is 2.09 bits per heavy atom. The van der Waals surface area contributed by atoms with Crippen molar-refractivity contribution >= 4 is 17.4 Å². The van der Waals surface area contributed by atoms with Crippen LogP contribution in [0.5, 0.6) is 0 Å². The topological polar surface area (TPSA) is 37.8 Å². The quantitative estimate of drug-likeness (QED) is 0.739. The average Bonchev–Trinajstić information content (AvgIpc) is 1.93. The van der Waals surface area contributed by atoms with Crippen LogP contribution >= 0.6 is 11.6 Å². The Balaban J connectivity index is 2.66.